The number of nitrogens with zero attached hydrogens (tertiary/aromatic N) is 5. The van der Waals surface area contributed by atoms with E-state index in [1.165, 1.54) is 0 Å². The molecule has 1 saturated heterocycles. The van der Waals surface area contributed by atoms with Gasteiger partial charge in [0.1, 0.15) is 5.75 Å². The summed E-state index contributed by atoms with van der Waals surface area (Å²) in [4.78, 5) is 14.2. The number of rotatable bonds is 1. The molecule has 0 spiro atoms. The minimum atomic E-state index is 0.766. The van der Waals surface area contributed by atoms with Gasteiger partial charge in [0.15, 0.2) is 11.7 Å². The summed E-state index contributed by atoms with van der Waals surface area (Å²) in [5.41, 5.74) is 2.16. The van der Waals surface area contributed by atoms with Gasteiger partial charge in [-0.3, -0.25) is 0 Å². The first-order chi connectivity index (χ1) is 11.2. The molecular weight excluding hydrogens is 290 g/mol. The molecule has 120 valence electrons. The number of piperazine rings is 1. The molecule has 6 heteroatoms. The second-order valence-corrected chi connectivity index (χ2v) is 6.10. The van der Waals surface area contributed by atoms with Crippen molar-refractivity contribution in [3.05, 3.63) is 42.0 Å². The lowest BCUT2D eigenvalue weighted by molar-refractivity contribution is 0.215. The standard InChI is InChI=1S/C17H21N5O/c1-20-7-9-21(10-8-20)17-16-18-5-6-22(16)12-13-11-14(23-2)3-4-15(13)19-17/h3-6,11H,7-10,12H2,1-2H3. The van der Waals surface area contributed by atoms with Gasteiger partial charge in [0.05, 0.1) is 19.3 Å². The Kier molecular flexibility index (Phi) is 3.53. The molecule has 2 aromatic rings. The molecule has 0 amide bonds. The number of amidine groups is 1. The molecule has 6 nitrogen and oxygen atoms in total. The lowest BCUT2D eigenvalue weighted by Crippen LogP contribution is -2.47. The fourth-order valence-electron chi connectivity index (χ4n) is 3.15. The third-order valence-electron chi connectivity index (χ3n) is 4.57. The van der Waals surface area contributed by atoms with Crippen LogP contribution in [0.4, 0.5) is 5.69 Å². The summed E-state index contributed by atoms with van der Waals surface area (Å²) >= 11 is 0. The van der Waals surface area contributed by atoms with Crippen molar-refractivity contribution in [1.29, 1.82) is 0 Å². The third kappa shape index (κ3) is 2.59. The van der Waals surface area contributed by atoms with Crippen LogP contribution in [0.1, 0.15) is 11.4 Å². The van der Waals surface area contributed by atoms with Gasteiger partial charge < -0.3 is 19.1 Å². The fourth-order valence-corrected chi connectivity index (χ4v) is 3.15. The van der Waals surface area contributed by atoms with Crippen LogP contribution < -0.4 is 4.74 Å². The number of hydrogen-bond acceptors (Lipinski definition) is 5. The largest absolute Gasteiger partial charge is 0.497 e. The molecule has 3 heterocycles. The minimum absolute atomic E-state index is 0.766. The van der Waals surface area contributed by atoms with Crippen molar-refractivity contribution in [1.82, 2.24) is 19.4 Å². The summed E-state index contributed by atoms with van der Waals surface area (Å²) in [5, 5.41) is 0. The summed E-state index contributed by atoms with van der Waals surface area (Å²) in [7, 11) is 3.86. The summed E-state index contributed by atoms with van der Waals surface area (Å²) in [6.45, 7) is 4.83. The predicted octanol–water partition coefficient (Wildman–Crippen LogP) is 1.58. The lowest BCUT2D eigenvalue weighted by atomic mass is 10.1. The van der Waals surface area contributed by atoms with Gasteiger partial charge >= 0.3 is 0 Å². The highest BCUT2D eigenvalue weighted by Crippen LogP contribution is 2.29. The molecule has 0 radical (unpaired) electrons. The SMILES string of the molecule is COc1ccc2c(c1)Cn1ccnc1C(N1CCN(C)CC1)=N2. The van der Waals surface area contributed by atoms with Gasteiger partial charge in [0.2, 0.25) is 0 Å². The Morgan fingerprint density at radius 2 is 1.96 bits per heavy atom. The lowest BCUT2D eigenvalue weighted by Gasteiger charge is -2.34. The summed E-state index contributed by atoms with van der Waals surface area (Å²) in [5.74, 6) is 2.79. The minimum Gasteiger partial charge on any atom is -0.497 e. The summed E-state index contributed by atoms with van der Waals surface area (Å²) in [6, 6.07) is 6.07. The molecule has 1 aromatic heterocycles. The zero-order valence-corrected chi connectivity index (χ0v) is 13.6. The number of hydrogen-bond donors (Lipinski definition) is 0. The van der Waals surface area contributed by atoms with E-state index >= 15 is 0 Å². The highest BCUT2D eigenvalue weighted by Gasteiger charge is 2.25. The molecule has 0 atom stereocenters. The zero-order chi connectivity index (χ0) is 15.8. The Bertz CT molecular complexity index is 743. The highest BCUT2D eigenvalue weighted by molar-refractivity contribution is 5.98. The van der Waals surface area contributed by atoms with Crippen molar-refractivity contribution in [2.24, 2.45) is 4.99 Å². The number of benzene rings is 1. The van der Waals surface area contributed by atoms with Gasteiger partial charge in [-0.1, -0.05) is 0 Å². The molecule has 4 rings (SSSR count). The second kappa shape index (κ2) is 5.70. The van der Waals surface area contributed by atoms with Crippen molar-refractivity contribution in [2.45, 2.75) is 6.54 Å². The Morgan fingerprint density at radius 1 is 1.13 bits per heavy atom. The topological polar surface area (TPSA) is 45.9 Å². The number of methoxy groups -OCH3 is 1. The number of aliphatic imine (C=N–C) groups is 1. The van der Waals surface area contributed by atoms with Crippen molar-refractivity contribution in [3.8, 4) is 5.75 Å². The number of imidazole rings is 1. The Balaban J connectivity index is 1.78. The van der Waals surface area contributed by atoms with Crippen LogP contribution in [0.5, 0.6) is 5.75 Å². The van der Waals surface area contributed by atoms with Crippen LogP contribution >= 0.6 is 0 Å². The fraction of sp³-hybridized carbons (Fsp3) is 0.412. The number of likely N-dealkylation sites (N-methyl/N-ethyl adjacent to an activating group) is 1. The molecule has 1 fully saturated rings. The summed E-state index contributed by atoms with van der Waals surface area (Å²) in [6.07, 6.45) is 3.88. The Morgan fingerprint density at radius 3 is 2.74 bits per heavy atom. The van der Waals surface area contributed by atoms with Gasteiger partial charge in [-0.2, -0.15) is 0 Å². The quantitative estimate of drug-likeness (QED) is 0.802. The van der Waals surface area contributed by atoms with Crippen molar-refractivity contribution in [3.63, 3.8) is 0 Å². The van der Waals surface area contributed by atoms with Crippen molar-refractivity contribution >= 4 is 11.5 Å². The Hall–Kier alpha value is -2.34. The molecule has 0 N–H and O–H groups in total. The monoisotopic (exact) mass is 311 g/mol. The van der Waals surface area contributed by atoms with Crippen LogP contribution in [-0.4, -0.2) is 65.5 Å². The molecule has 0 aliphatic carbocycles. The van der Waals surface area contributed by atoms with E-state index in [1.807, 2.05) is 24.5 Å². The first-order valence-electron chi connectivity index (χ1n) is 7.95. The smallest absolute Gasteiger partial charge is 0.176 e. The van der Waals surface area contributed by atoms with E-state index in [4.69, 9.17) is 9.73 Å². The van der Waals surface area contributed by atoms with Crippen LogP contribution in [0.3, 0.4) is 0 Å². The molecule has 0 unspecified atom stereocenters. The predicted molar refractivity (Wildman–Crippen MR) is 89.6 cm³/mol. The first kappa shape index (κ1) is 14.3. The van der Waals surface area contributed by atoms with E-state index in [1.54, 1.807) is 7.11 Å². The van der Waals surface area contributed by atoms with Gasteiger partial charge in [-0.25, -0.2) is 9.98 Å². The molecule has 0 bridgehead atoms. The van der Waals surface area contributed by atoms with Crippen LogP contribution in [0, 0.1) is 0 Å². The van der Waals surface area contributed by atoms with E-state index in [0.29, 0.717) is 0 Å². The number of fused-ring (bicyclic) bond motifs is 2. The van der Waals surface area contributed by atoms with Gasteiger partial charge in [0.25, 0.3) is 0 Å². The molecule has 2 aliphatic rings. The van der Waals surface area contributed by atoms with Gasteiger partial charge in [-0.05, 0) is 25.2 Å². The maximum Gasteiger partial charge on any atom is 0.176 e. The van der Waals surface area contributed by atoms with Gasteiger partial charge in [0, 0.05) is 44.1 Å². The normalized spacial score (nSPS) is 18.0. The highest BCUT2D eigenvalue weighted by atomic mass is 16.5. The zero-order valence-electron chi connectivity index (χ0n) is 13.6. The number of ether oxygens (including phenoxy) is 1. The molecule has 23 heavy (non-hydrogen) atoms. The molecule has 1 aromatic carbocycles. The molecule has 2 aliphatic heterocycles. The Labute approximate surface area is 136 Å². The maximum absolute atomic E-state index is 5.36. The van der Waals surface area contributed by atoms with Crippen LogP contribution in [0.2, 0.25) is 0 Å². The average Bonchev–Trinajstić information content (AvgIpc) is 2.96. The van der Waals surface area contributed by atoms with Crippen LogP contribution in [-0.2, 0) is 6.54 Å². The van der Waals surface area contributed by atoms with E-state index in [9.17, 15) is 0 Å². The van der Waals surface area contributed by atoms with Crippen LogP contribution in [0.25, 0.3) is 0 Å². The maximum atomic E-state index is 5.36. The number of aromatic nitrogens is 2. The first-order valence-corrected chi connectivity index (χ1v) is 7.95. The van der Waals surface area contributed by atoms with E-state index in [2.05, 4.69) is 32.5 Å². The van der Waals surface area contributed by atoms with Crippen LogP contribution in [0.15, 0.2) is 35.6 Å². The third-order valence-corrected chi connectivity index (χ3v) is 4.57. The van der Waals surface area contributed by atoms with E-state index < -0.39 is 0 Å². The molecular formula is C17H21N5O. The van der Waals surface area contributed by atoms with E-state index in [0.717, 1.165) is 61.4 Å². The second-order valence-electron chi connectivity index (χ2n) is 6.10. The average molecular weight is 311 g/mol. The van der Waals surface area contributed by atoms with E-state index in [-0.39, 0.29) is 0 Å². The van der Waals surface area contributed by atoms with Gasteiger partial charge in [-0.15, -0.1) is 0 Å². The summed E-state index contributed by atoms with van der Waals surface area (Å²) < 4.78 is 7.53. The molecule has 0 saturated carbocycles. The van der Waals surface area contributed by atoms with Crippen molar-refractivity contribution < 1.29 is 4.74 Å². The van der Waals surface area contributed by atoms with Crippen molar-refractivity contribution in [2.75, 3.05) is 40.3 Å².